The molecule has 0 bridgehead atoms. The van der Waals surface area contributed by atoms with Crippen LogP contribution in [0.2, 0.25) is 45.8 Å². The van der Waals surface area contributed by atoms with E-state index in [1.165, 1.54) is 0 Å². The SMILES string of the molecule is C[Si]1(C)O[Si](C)(C)O[Si](C)(C(F)(F)F)O[Si](C)(C)O1. The van der Waals surface area contributed by atoms with Gasteiger partial charge in [-0.3, -0.25) is 0 Å². The molecule has 1 fully saturated rings. The Morgan fingerprint density at radius 1 is 0.579 bits per heavy atom. The van der Waals surface area contributed by atoms with Crippen molar-refractivity contribution in [3.63, 3.8) is 0 Å². The summed E-state index contributed by atoms with van der Waals surface area (Å²) >= 11 is 0. The first-order valence-electron chi connectivity index (χ1n) is 5.95. The molecule has 0 aromatic carbocycles. The molecular weight excluding hydrogens is 329 g/mol. The quantitative estimate of drug-likeness (QED) is 0.628. The third-order valence-corrected chi connectivity index (χ3v) is 18.3. The van der Waals surface area contributed by atoms with E-state index in [1.54, 1.807) is 39.3 Å². The zero-order valence-corrected chi connectivity index (χ0v) is 16.3. The standard InChI is InChI=1S/C8H21F3O4Si4/c1-16(2)12-17(3,4)14-19(7,8(9,10)11)15-18(5,6)13-16/h1-7H3. The third kappa shape index (κ3) is 4.49. The maximum atomic E-state index is 13.3. The van der Waals surface area contributed by atoms with E-state index >= 15 is 0 Å². The van der Waals surface area contributed by atoms with E-state index in [9.17, 15) is 13.2 Å². The summed E-state index contributed by atoms with van der Waals surface area (Å²) in [5, 5.41) is 0. The van der Waals surface area contributed by atoms with E-state index in [0.29, 0.717) is 0 Å². The highest BCUT2D eigenvalue weighted by molar-refractivity contribution is 6.93. The lowest BCUT2D eigenvalue weighted by Gasteiger charge is -2.47. The number of halogens is 3. The summed E-state index contributed by atoms with van der Waals surface area (Å²) in [4.78, 5) is 0. The Hall–Kier alpha value is 0.498. The fourth-order valence-corrected chi connectivity index (χ4v) is 22.4. The summed E-state index contributed by atoms with van der Waals surface area (Å²) in [6.07, 6.45) is 0. The van der Waals surface area contributed by atoms with E-state index in [4.69, 9.17) is 16.5 Å². The molecule has 114 valence electrons. The molecule has 0 spiro atoms. The molecular formula is C8H21F3O4Si4. The lowest BCUT2D eigenvalue weighted by Crippen LogP contribution is -2.69. The van der Waals surface area contributed by atoms with Crippen LogP contribution in [0.15, 0.2) is 0 Å². The normalized spacial score (nSPS) is 29.4. The third-order valence-electron chi connectivity index (χ3n) is 2.38. The van der Waals surface area contributed by atoms with Crippen molar-refractivity contribution >= 4 is 34.2 Å². The average Bonchev–Trinajstić information content (AvgIpc) is 1.89. The molecule has 0 N–H and O–H groups in total. The van der Waals surface area contributed by atoms with E-state index in [1.807, 2.05) is 0 Å². The maximum absolute atomic E-state index is 13.3. The van der Waals surface area contributed by atoms with Crippen molar-refractivity contribution in [1.82, 2.24) is 0 Å². The van der Waals surface area contributed by atoms with Gasteiger partial charge >= 0.3 is 40.0 Å². The van der Waals surface area contributed by atoms with Gasteiger partial charge in [-0.2, -0.15) is 13.2 Å². The molecule has 1 heterocycles. The zero-order chi connectivity index (χ0) is 15.3. The second kappa shape index (κ2) is 4.76. The first kappa shape index (κ1) is 17.5. The summed E-state index contributed by atoms with van der Waals surface area (Å²) in [6.45, 7) is 11.1. The van der Waals surface area contributed by atoms with Crippen molar-refractivity contribution in [3.8, 4) is 0 Å². The lowest BCUT2D eigenvalue weighted by molar-refractivity contribution is -0.0850. The van der Waals surface area contributed by atoms with Gasteiger partial charge in [0.25, 0.3) is 0 Å². The summed E-state index contributed by atoms with van der Waals surface area (Å²) in [6, 6.07) is 0. The summed E-state index contributed by atoms with van der Waals surface area (Å²) in [7, 11) is -12.8. The van der Waals surface area contributed by atoms with Crippen molar-refractivity contribution in [2.24, 2.45) is 0 Å². The minimum absolute atomic E-state index is 1.03. The molecule has 1 aliphatic rings. The van der Waals surface area contributed by atoms with Gasteiger partial charge in [-0.15, -0.1) is 0 Å². The summed E-state index contributed by atoms with van der Waals surface area (Å²) < 4.78 is 62.3. The number of rotatable bonds is 0. The van der Waals surface area contributed by atoms with Crippen molar-refractivity contribution in [2.75, 3.05) is 0 Å². The molecule has 11 heteroatoms. The molecule has 4 nitrogen and oxygen atoms in total. The fraction of sp³-hybridized carbons (Fsp3) is 1.00. The molecule has 0 saturated carbocycles. The highest BCUT2D eigenvalue weighted by atomic mass is 28.5. The minimum Gasteiger partial charge on any atom is -0.416 e. The Labute approximate surface area is 116 Å². The predicted octanol–water partition coefficient (Wildman–Crippen LogP) is 3.35. The van der Waals surface area contributed by atoms with Crippen LogP contribution in [0.4, 0.5) is 13.2 Å². The predicted molar refractivity (Wildman–Crippen MR) is 74.5 cm³/mol. The first-order chi connectivity index (χ1) is 8.08. The van der Waals surface area contributed by atoms with Crippen molar-refractivity contribution in [3.05, 3.63) is 0 Å². The Morgan fingerprint density at radius 2 is 0.842 bits per heavy atom. The van der Waals surface area contributed by atoms with Crippen LogP contribution in [0.5, 0.6) is 0 Å². The minimum atomic E-state index is -4.50. The van der Waals surface area contributed by atoms with E-state index in [-0.39, 0.29) is 0 Å². The van der Waals surface area contributed by atoms with Crippen LogP contribution in [0.25, 0.3) is 0 Å². The maximum Gasteiger partial charge on any atom is 0.437 e. The molecule has 0 radical (unpaired) electrons. The summed E-state index contributed by atoms with van der Waals surface area (Å²) in [5.41, 5.74) is 0. The Morgan fingerprint density at radius 3 is 1.11 bits per heavy atom. The van der Waals surface area contributed by atoms with Gasteiger partial charge in [0.15, 0.2) is 0 Å². The van der Waals surface area contributed by atoms with Gasteiger partial charge in [-0.1, -0.05) is 0 Å². The van der Waals surface area contributed by atoms with Crippen LogP contribution in [0.1, 0.15) is 0 Å². The molecule has 0 aromatic rings. The highest BCUT2D eigenvalue weighted by Crippen LogP contribution is 2.38. The van der Waals surface area contributed by atoms with E-state index < -0.39 is 40.0 Å². The van der Waals surface area contributed by atoms with Gasteiger partial charge in [-0.25, -0.2) is 0 Å². The van der Waals surface area contributed by atoms with Crippen LogP contribution in [-0.2, 0) is 16.5 Å². The number of alkyl halides is 3. The molecule has 19 heavy (non-hydrogen) atoms. The Bertz CT molecular complexity index is 336. The topological polar surface area (TPSA) is 36.9 Å². The van der Waals surface area contributed by atoms with Crippen LogP contribution in [-0.4, -0.2) is 40.0 Å². The molecule has 1 aliphatic heterocycles. The average molecular weight is 351 g/mol. The molecule has 1 rings (SSSR count). The van der Waals surface area contributed by atoms with Gasteiger partial charge in [-0.05, 0) is 45.8 Å². The zero-order valence-electron chi connectivity index (χ0n) is 12.3. The van der Waals surface area contributed by atoms with Crippen molar-refractivity contribution in [1.29, 1.82) is 0 Å². The van der Waals surface area contributed by atoms with Gasteiger partial charge < -0.3 is 16.5 Å². The first-order valence-corrected chi connectivity index (χ1v) is 16.7. The Kier molecular flexibility index (Phi) is 4.40. The molecule has 1 saturated heterocycles. The molecule has 0 unspecified atom stereocenters. The highest BCUT2D eigenvalue weighted by Gasteiger charge is 2.65. The molecule has 0 aromatic heterocycles. The second-order valence-electron chi connectivity index (χ2n) is 6.05. The molecule has 0 amide bonds. The molecule has 0 aliphatic carbocycles. The van der Waals surface area contributed by atoms with E-state index in [2.05, 4.69) is 0 Å². The molecule has 0 atom stereocenters. The smallest absolute Gasteiger partial charge is 0.416 e. The van der Waals surface area contributed by atoms with Gasteiger partial charge in [0.2, 0.25) is 0 Å². The Balaban J connectivity index is 3.19. The second-order valence-corrected chi connectivity index (χ2v) is 20.2. The number of hydrogen-bond donors (Lipinski definition) is 0. The van der Waals surface area contributed by atoms with Crippen molar-refractivity contribution in [2.45, 2.75) is 51.6 Å². The van der Waals surface area contributed by atoms with Gasteiger partial charge in [0.05, 0.1) is 0 Å². The van der Waals surface area contributed by atoms with Crippen molar-refractivity contribution < 1.29 is 29.6 Å². The van der Waals surface area contributed by atoms with Crippen LogP contribution >= 0.6 is 0 Å². The summed E-state index contributed by atoms with van der Waals surface area (Å²) in [5.74, 6) is -4.50. The fourth-order valence-electron chi connectivity index (χ4n) is 2.32. The van der Waals surface area contributed by atoms with Gasteiger partial charge in [0, 0.05) is 0 Å². The van der Waals surface area contributed by atoms with Crippen LogP contribution in [0, 0.1) is 0 Å². The number of hydrogen-bond acceptors (Lipinski definition) is 4. The lowest BCUT2D eigenvalue weighted by atomic mass is 11.5. The van der Waals surface area contributed by atoms with Crippen LogP contribution in [0.3, 0.4) is 0 Å². The van der Waals surface area contributed by atoms with Crippen LogP contribution < -0.4 is 0 Å². The largest absolute Gasteiger partial charge is 0.437 e. The van der Waals surface area contributed by atoms with Gasteiger partial charge in [0.1, 0.15) is 0 Å². The van der Waals surface area contributed by atoms with E-state index in [0.717, 1.165) is 6.55 Å². The monoisotopic (exact) mass is 350 g/mol.